The van der Waals surface area contributed by atoms with E-state index in [9.17, 15) is 0 Å². The van der Waals surface area contributed by atoms with Crippen LogP contribution in [0, 0.1) is 0 Å². The van der Waals surface area contributed by atoms with Crippen LogP contribution < -0.4 is 0 Å². The molecule has 62 valence electrons. The predicted molar refractivity (Wildman–Crippen MR) is 50.0 cm³/mol. The highest BCUT2D eigenvalue weighted by molar-refractivity contribution is 5.29. The van der Waals surface area contributed by atoms with Crippen molar-refractivity contribution in [2.45, 2.75) is 39.5 Å². The first-order valence-electron chi connectivity index (χ1n) is 4.62. The smallest absolute Gasteiger partial charge is 0.0514 e. The lowest BCUT2D eigenvalue weighted by molar-refractivity contribution is 0.869. The van der Waals surface area contributed by atoms with E-state index in [2.05, 4.69) is 32.0 Å². The van der Waals surface area contributed by atoms with Gasteiger partial charge in [0.1, 0.15) is 0 Å². The van der Waals surface area contributed by atoms with Crippen LogP contribution in [0.4, 0.5) is 0 Å². The van der Waals surface area contributed by atoms with Crippen LogP contribution >= 0.6 is 0 Å². The average molecular weight is 149 g/mol. The van der Waals surface area contributed by atoms with Crippen LogP contribution in [0.25, 0.3) is 0 Å². The Hall–Kier alpha value is -0.650. The number of rotatable bonds is 4. The van der Waals surface area contributed by atoms with Crippen molar-refractivity contribution in [2.75, 3.05) is 0 Å². The molecule has 0 heteroatoms. The third-order valence-electron chi connectivity index (χ3n) is 2.05. The zero-order valence-corrected chi connectivity index (χ0v) is 7.56. The molecule has 0 amide bonds. The minimum absolute atomic E-state index is 1.25. The van der Waals surface area contributed by atoms with Crippen molar-refractivity contribution >= 4 is 0 Å². The van der Waals surface area contributed by atoms with Crippen molar-refractivity contribution in [2.24, 2.45) is 0 Å². The van der Waals surface area contributed by atoms with Crippen LogP contribution in [0.5, 0.6) is 0 Å². The summed E-state index contributed by atoms with van der Waals surface area (Å²) in [4.78, 5) is 0. The van der Waals surface area contributed by atoms with Gasteiger partial charge >= 0.3 is 0 Å². The Labute approximate surface area is 69.6 Å². The van der Waals surface area contributed by atoms with Gasteiger partial charge in [-0.05, 0) is 0 Å². The van der Waals surface area contributed by atoms with E-state index in [0.717, 1.165) is 0 Å². The maximum absolute atomic E-state index is 2.26. The molecule has 1 aromatic rings. The molecule has 0 atom stereocenters. The van der Waals surface area contributed by atoms with Crippen molar-refractivity contribution in [1.29, 1.82) is 0 Å². The van der Waals surface area contributed by atoms with E-state index in [1.165, 1.54) is 25.7 Å². The van der Waals surface area contributed by atoms with Crippen molar-refractivity contribution in [3.8, 4) is 0 Å². The third-order valence-corrected chi connectivity index (χ3v) is 2.05. The Morgan fingerprint density at radius 2 is 1.91 bits per heavy atom. The topological polar surface area (TPSA) is 0 Å². The Morgan fingerprint density at radius 3 is 2.55 bits per heavy atom. The van der Waals surface area contributed by atoms with Gasteiger partial charge in [0.2, 0.25) is 0 Å². The monoisotopic (exact) mass is 149 g/mol. The van der Waals surface area contributed by atoms with E-state index in [0.29, 0.717) is 0 Å². The minimum Gasteiger partial charge on any atom is -0.210 e. The first-order valence-corrected chi connectivity index (χ1v) is 4.62. The molecule has 0 aromatic heterocycles. The second kappa shape index (κ2) is 4.27. The maximum atomic E-state index is 2.26. The molecule has 0 aliphatic rings. The minimum atomic E-state index is 1.25. The van der Waals surface area contributed by atoms with Gasteiger partial charge in [0.25, 0.3) is 0 Å². The summed E-state index contributed by atoms with van der Waals surface area (Å²) in [6.45, 7) is 4.48. The summed E-state index contributed by atoms with van der Waals surface area (Å²) in [5.74, 6) is 0. The van der Waals surface area contributed by atoms with Gasteiger partial charge in [-0.15, -0.1) is 0 Å². The SMILES string of the molecule is CCCc1cc[cH-]c1CCC. The van der Waals surface area contributed by atoms with Gasteiger partial charge in [-0.3, -0.25) is 0 Å². The van der Waals surface area contributed by atoms with E-state index in [-0.39, 0.29) is 0 Å². The van der Waals surface area contributed by atoms with Gasteiger partial charge in [0, 0.05) is 0 Å². The zero-order chi connectivity index (χ0) is 8.10. The molecule has 1 aromatic carbocycles. The van der Waals surface area contributed by atoms with Crippen LogP contribution in [0.3, 0.4) is 0 Å². The molecule has 0 aliphatic heterocycles. The van der Waals surface area contributed by atoms with Crippen LogP contribution in [0.1, 0.15) is 37.8 Å². The van der Waals surface area contributed by atoms with Crippen molar-refractivity contribution in [3.05, 3.63) is 29.3 Å². The van der Waals surface area contributed by atoms with Gasteiger partial charge in [-0.1, -0.05) is 39.5 Å². The van der Waals surface area contributed by atoms with E-state index >= 15 is 0 Å². The highest BCUT2D eigenvalue weighted by Gasteiger charge is 1.90. The Balaban J connectivity index is 2.62. The summed E-state index contributed by atoms with van der Waals surface area (Å²) >= 11 is 0. The molecule has 1 rings (SSSR count). The summed E-state index contributed by atoms with van der Waals surface area (Å²) in [5, 5.41) is 0. The van der Waals surface area contributed by atoms with Gasteiger partial charge in [-0.25, -0.2) is 6.07 Å². The molecule has 0 bridgehead atoms. The largest absolute Gasteiger partial charge is 0.210 e. The van der Waals surface area contributed by atoms with Crippen molar-refractivity contribution < 1.29 is 0 Å². The standard InChI is InChI=1S/C11H17/c1-3-6-10-8-5-9-11(10)7-4-2/h5,8-9H,3-4,6-7H2,1-2H3/q-1. The lowest BCUT2D eigenvalue weighted by Crippen LogP contribution is -1.87. The first kappa shape index (κ1) is 8.45. The normalized spacial score (nSPS) is 10.4. The number of hydrogen-bond donors (Lipinski definition) is 0. The molecule has 0 saturated heterocycles. The van der Waals surface area contributed by atoms with Crippen LogP contribution in [0.2, 0.25) is 0 Å². The molecule has 0 fully saturated rings. The van der Waals surface area contributed by atoms with Crippen molar-refractivity contribution in [3.63, 3.8) is 0 Å². The fraction of sp³-hybridized carbons (Fsp3) is 0.545. The lowest BCUT2D eigenvalue weighted by Gasteiger charge is -2.08. The molecule has 0 N–H and O–H groups in total. The first-order chi connectivity index (χ1) is 5.38. The summed E-state index contributed by atoms with van der Waals surface area (Å²) in [6.07, 6.45) is 5.03. The molecule has 11 heavy (non-hydrogen) atoms. The average Bonchev–Trinajstić information content (AvgIpc) is 2.39. The van der Waals surface area contributed by atoms with Crippen LogP contribution in [-0.4, -0.2) is 0 Å². The van der Waals surface area contributed by atoms with Crippen molar-refractivity contribution in [1.82, 2.24) is 0 Å². The Kier molecular flexibility index (Phi) is 3.28. The lowest BCUT2D eigenvalue weighted by atomic mass is 10.1. The summed E-state index contributed by atoms with van der Waals surface area (Å²) in [7, 11) is 0. The fourth-order valence-corrected chi connectivity index (χ4v) is 1.52. The molecule has 0 saturated carbocycles. The van der Waals surface area contributed by atoms with E-state index in [1.54, 1.807) is 11.1 Å². The second-order valence-corrected chi connectivity index (χ2v) is 3.08. The summed E-state index contributed by atoms with van der Waals surface area (Å²) in [5.41, 5.74) is 3.13. The predicted octanol–water partition coefficient (Wildman–Crippen LogP) is 3.31. The fourth-order valence-electron chi connectivity index (χ4n) is 1.52. The molecular formula is C11H17-. The molecule has 0 heterocycles. The third kappa shape index (κ3) is 2.14. The van der Waals surface area contributed by atoms with Gasteiger partial charge in [-0.2, -0.15) is 23.3 Å². The van der Waals surface area contributed by atoms with Gasteiger partial charge < -0.3 is 0 Å². The molecule has 0 radical (unpaired) electrons. The highest BCUT2D eigenvalue weighted by Crippen LogP contribution is 2.14. The zero-order valence-electron chi connectivity index (χ0n) is 7.56. The molecule has 0 aliphatic carbocycles. The van der Waals surface area contributed by atoms with Crippen LogP contribution in [0.15, 0.2) is 18.2 Å². The molecular weight excluding hydrogens is 132 g/mol. The molecule has 0 spiro atoms. The summed E-state index contributed by atoms with van der Waals surface area (Å²) in [6, 6.07) is 6.69. The highest BCUT2D eigenvalue weighted by atomic mass is 14.0. The quantitative estimate of drug-likeness (QED) is 0.576. The van der Waals surface area contributed by atoms with E-state index < -0.39 is 0 Å². The Bertz CT molecular complexity index is 175. The van der Waals surface area contributed by atoms with Gasteiger partial charge in [0.15, 0.2) is 0 Å². The van der Waals surface area contributed by atoms with E-state index in [1.807, 2.05) is 0 Å². The second-order valence-electron chi connectivity index (χ2n) is 3.08. The number of hydrogen-bond acceptors (Lipinski definition) is 0. The molecule has 0 unspecified atom stereocenters. The van der Waals surface area contributed by atoms with Crippen LogP contribution in [-0.2, 0) is 12.8 Å². The maximum Gasteiger partial charge on any atom is -0.0514 e. The molecule has 0 nitrogen and oxygen atoms in total. The Morgan fingerprint density at radius 1 is 1.18 bits per heavy atom. The number of aryl methyl sites for hydroxylation is 2. The van der Waals surface area contributed by atoms with Gasteiger partial charge in [0.05, 0.1) is 0 Å². The summed E-state index contributed by atoms with van der Waals surface area (Å²) < 4.78 is 0. The van der Waals surface area contributed by atoms with E-state index in [4.69, 9.17) is 0 Å².